The van der Waals surface area contributed by atoms with Crippen LogP contribution in [-0.4, -0.2) is 49.9 Å². The van der Waals surface area contributed by atoms with E-state index in [1.807, 2.05) is 60.7 Å². The SMILES string of the molecule is C=CCN1C[C@@H](O)C[C@@H](n2c(=O)n(-c3ccc(Oc4ccccc4)cc3)c3c(N)nccc32)C1. The summed E-state index contributed by atoms with van der Waals surface area (Å²) in [7, 11) is 0. The number of ether oxygens (including phenoxy) is 1. The van der Waals surface area contributed by atoms with Gasteiger partial charge in [0.25, 0.3) is 0 Å². The number of aromatic nitrogens is 3. The van der Waals surface area contributed by atoms with Crippen molar-refractivity contribution in [1.82, 2.24) is 19.0 Å². The van der Waals surface area contributed by atoms with E-state index in [0.717, 1.165) is 5.75 Å². The maximum atomic E-state index is 13.8. The number of nitrogens with two attached hydrogens (primary N) is 1. The van der Waals surface area contributed by atoms with Gasteiger partial charge in [-0.05, 0) is 48.9 Å². The highest BCUT2D eigenvalue weighted by atomic mass is 16.5. The molecule has 3 N–H and O–H groups in total. The molecule has 0 aliphatic carbocycles. The van der Waals surface area contributed by atoms with Crippen molar-refractivity contribution in [2.45, 2.75) is 18.6 Å². The molecule has 3 heterocycles. The zero-order chi connectivity index (χ0) is 23.7. The zero-order valence-electron chi connectivity index (χ0n) is 18.7. The summed E-state index contributed by atoms with van der Waals surface area (Å²) in [4.78, 5) is 20.1. The summed E-state index contributed by atoms with van der Waals surface area (Å²) in [6, 6.07) is 18.4. The lowest BCUT2D eigenvalue weighted by atomic mass is 10.0. The van der Waals surface area contributed by atoms with Gasteiger partial charge in [-0.25, -0.2) is 9.78 Å². The number of pyridine rings is 1. The van der Waals surface area contributed by atoms with E-state index in [0.29, 0.717) is 48.5 Å². The van der Waals surface area contributed by atoms with Crippen molar-refractivity contribution < 1.29 is 9.84 Å². The van der Waals surface area contributed by atoms with Crippen molar-refractivity contribution in [3.8, 4) is 17.2 Å². The number of para-hydroxylation sites is 1. The van der Waals surface area contributed by atoms with Crippen LogP contribution in [0.1, 0.15) is 12.5 Å². The van der Waals surface area contributed by atoms with Crippen LogP contribution in [0.2, 0.25) is 0 Å². The summed E-state index contributed by atoms with van der Waals surface area (Å²) < 4.78 is 9.21. The van der Waals surface area contributed by atoms with Crippen molar-refractivity contribution in [3.63, 3.8) is 0 Å². The molecule has 1 aliphatic heterocycles. The summed E-state index contributed by atoms with van der Waals surface area (Å²) >= 11 is 0. The Hall–Kier alpha value is -3.88. The molecule has 0 unspecified atom stereocenters. The number of piperidine rings is 1. The third-order valence-corrected chi connectivity index (χ3v) is 6.12. The molecule has 2 aromatic carbocycles. The van der Waals surface area contributed by atoms with Gasteiger partial charge in [-0.2, -0.15) is 0 Å². The fraction of sp³-hybridized carbons (Fsp3) is 0.231. The van der Waals surface area contributed by atoms with Crippen LogP contribution in [0.3, 0.4) is 0 Å². The topological polar surface area (TPSA) is 98.5 Å². The zero-order valence-corrected chi connectivity index (χ0v) is 18.7. The molecule has 2 aromatic heterocycles. The number of rotatable bonds is 6. The van der Waals surface area contributed by atoms with Crippen LogP contribution in [0.4, 0.5) is 5.82 Å². The van der Waals surface area contributed by atoms with Gasteiger partial charge in [0.05, 0.1) is 23.3 Å². The number of benzene rings is 2. The Morgan fingerprint density at radius 1 is 1.09 bits per heavy atom. The van der Waals surface area contributed by atoms with Crippen molar-refractivity contribution in [2.75, 3.05) is 25.4 Å². The molecule has 1 saturated heterocycles. The molecule has 0 radical (unpaired) electrons. The number of likely N-dealkylation sites (tertiary alicyclic amines) is 1. The number of fused-ring (bicyclic) bond motifs is 1. The van der Waals surface area contributed by atoms with Gasteiger partial charge in [0.2, 0.25) is 0 Å². The molecule has 8 heteroatoms. The van der Waals surface area contributed by atoms with Crippen molar-refractivity contribution >= 4 is 16.9 Å². The molecule has 0 bridgehead atoms. The van der Waals surface area contributed by atoms with E-state index in [1.165, 1.54) is 0 Å². The molecule has 34 heavy (non-hydrogen) atoms. The second kappa shape index (κ2) is 9.17. The highest BCUT2D eigenvalue weighted by Crippen LogP contribution is 2.29. The van der Waals surface area contributed by atoms with E-state index in [-0.39, 0.29) is 17.5 Å². The van der Waals surface area contributed by atoms with Crippen LogP contribution < -0.4 is 16.2 Å². The third-order valence-electron chi connectivity index (χ3n) is 6.12. The fourth-order valence-corrected chi connectivity index (χ4v) is 4.72. The van der Waals surface area contributed by atoms with E-state index < -0.39 is 6.10 Å². The summed E-state index contributed by atoms with van der Waals surface area (Å²) in [6.07, 6.45) is 3.37. The number of nitrogen functional groups attached to an aromatic ring is 1. The van der Waals surface area contributed by atoms with Crippen LogP contribution >= 0.6 is 0 Å². The van der Waals surface area contributed by atoms with E-state index in [1.54, 1.807) is 21.4 Å². The molecule has 0 spiro atoms. The minimum Gasteiger partial charge on any atom is -0.457 e. The highest BCUT2D eigenvalue weighted by molar-refractivity contribution is 5.87. The molecule has 2 atom stereocenters. The Bertz CT molecular complexity index is 1360. The number of hydrogen-bond acceptors (Lipinski definition) is 6. The predicted octanol–water partition coefficient (Wildman–Crippen LogP) is 3.36. The Morgan fingerprint density at radius 3 is 2.56 bits per heavy atom. The van der Waals surface area contributed by atoms with Gasteiger partial charge in [-0.15, -0.1) is 6.58 Å². The van der Waals surface area contributed by atoms with Crippen molar-refractivity contribution in [1.29, 1.82) is 0 Å². The molecule has 4 aromatic rings. The monoisotopic (exact) mass is 457 g/mol. The lowest BCUT2D eigenvalue weighted by Crippen LogP contribution is -2.45. The third kappa shape index (κ3) is 4.09. The molecule has 8 nitrogen and oxygen atoms in total. The number of β-amino-alcohol motifs (C(OH)–C–C–N with tert-alkyl or cyclic N) is 1. The van der Waals surface area contributed by atoms with E-state index in [2.05, 4.69) is 16.5 Å². The fourth-order valence-electron chi connectivity index (χ4n) is 4.72. The molecule has 1 fully saturated rings. The standard InChI is InChI=1S/C26H27N5O3/c1-2-14-29-16-19(15-20(32)17-29)30-23-12-13-28-25(27)24(23)31(26(30)33)18-8-10-22(11-9-18)34-21-6-4-3-5-7-21/h2-13,19-20,32H,1,14-17H2,(H2,27,28)/t19-,20+/m1/s1. The summed E-state index contributed by atoms with van der Waals surface area (Å²) in [5, 5.41) is 10.5. The minimum atomic E-state index is -0.530. The van der Waals surface area contributed by atoms with Crippen molar-refractivity contribution in [2.24, 2.45) is 0 Å². The normalized spacial score (nSPS) is 18.7. The molecular formula is C26H27N5O3. The number of hydrogen-bond donors (Lipinski definition) is 2. The van der Waals surface area contributed by atoms with Crippen molar-refractivity contribution in [3.05, 3.63) is 90.0 Å². The molecule has 0 saturated carbocycles. The first-order chi connectivity index (χ1) is 16.5. The Balaban J connectivity index is 1.57. The predicted molar refractivity (Wildman–Crippen MR) is 133 cm³/mol. The maximum absolute atomic E-state index is 13.8. The van der Waals surface area contributed by atoms with Gasteiger partial charge < -0.3 is 15.6 Å². The van der Waals surface area contributed by atoms with Crippen LogP contribution in [-0.2, 0) is 0 Å². The second-order valence-corrected chi connectivity index (χ2v) is 8.51. The number of anilines is 1. The molecule has 1 aliphatic rings. The number of aliphatic hydroxyl groups excluding tert-OH is 1. The van der Waals surface area contributed by atoms with Gasteiger partial charge in [-0.1, -0.05) is 24.3 Å². The van der Waals surface area contributed by atoms with Gasteiger partial charge in [0.15, 0.2) is 0 Å². The molecule has 0 amide bonds. The van der Waals surface area contributed by atoms with E-state index in [4.69, 9.17) is 10.5 Å². The summed E-state index contributed by atoms with van der Waals surface area (Å²) in [6.45, 7) is 5.64. The highest BCUT2D eigenvalue weighted by Gasteiger charge is 2.30. The van der Waals surface area contributed by atoms with Gasteiger partial charge in [0.1, 0.15) is 22.8 Å². The Labute approximate surface area is 197 Å². The van der Waals surface area contributed by atoms with Gasteiger partial charge >= 0.3 is 5.69 Å². The first-order valence-corrected chi connectivity index (χ1v) is 11.3. The van der Waals surface area contributed by atoms with Crippen LogP contribution in [0.25, 0.3) is 16.7 Å². The minimum absolute atomic E-state index is 0.206. The number of imidazole rings is 1. The summed E-state index contributed by atoms with van der Waals surface area (Å²) in [5.41, 5.74) is 7.95. The largest absolute Gasteiger partial charge is 0.457 e. The van der Waals surface area contributed by atoms with Crippen LogP contribution in [0, 0.1) is 0 Å². The molecular weight excluding hydrogens is 430 g/mol. The second-order valence-electron chi connectivity index (χ2n) is 8.51. The Morgan fingerprint density at radius 2 is 1.82 bits per heavy atom. The number of nitrogens with zero attached hydrogens (tertiary/aromatic N) is 4. The van der Waals surface area contributed by atoms with Gasteiger partial charge in [0, 0.05) is 25.8 Å². The Kier molecular flexibility index (Phi) is 5.91. The summed E-state index contributed by atoms with van der Waals surface area (Å²) in [5.74, 6) is 1.67. The maximum Gasteiger partial charge on any atom is 0.334 e. The lowest BCUT2D eigenvalue weighted by molar-refractivity contribution is 0.0493. The lowest BCUT2D eigenvalue weighted by Gasteiger charge is -2.35. The van der Waals surface area contributed by atoms with E-state index in [9.17, 15) is 9.90 Å². The first-order valence-electron chi connectivity index (χ1n) is 11.3. The smallest absolute Gasteiger partial charge is 0.334 e. The van der Waals surface area contributed by atoms with Gasteiger partial charge in [-0.3, -0.25) is 14.0 Å². The quantitative estimate of drug-likeness (QED) is 0.431. The molecule has 174 valence electrons. The first kappa shape index (κ1) is 21.9. The van der Waals surface area contributed by atoms with E-state index >= 15 is 0 Å². The average Bonchev–Trinajstić information content (AvgIpc) is 3.13. The van der Waals surface area contributed by atoms with Crippen LogP contribution in [0.5, 0.6) is 11.5 Å². The average molecular weight is 458 g/mol. The number of aliphatic hydroxyl groups is 1. The molecule has 5 rings (SSSR count). The van der Waals surface area contributed by atoms with Crippen LogP contribution in [0.15, 0.2) is 84.3 Å².